The van der Waals surface area contributed by atoms with Crippen LogP contribution < -0.4 is 20.1 Å². The number of aliphatic imine (C=N–C) groups is 1. The molecule has 1 atom stereocenters. The summed E-state index contributed by atoms with van der Waals surface area (Å²) in [6.07, 6.45) is 0.916. The highest BCUT2D eigenvalue weighted by Crippen LogP contribution is 2.30. The Morgan fingerprint density at radius 1 is 1.19 bits per heavy atom. The van der Waals surface area contributed by atoms with Crippen LogP contribution in [0, 0.1) is 0 Å². The summed E-state index contributed by atoms with van der Waals surface area (Å²) in [6, 6.07) is 10.3. The molecular weight excluding hydrogens is 473 g/mol. The zero-order chi connectivity index (χ0) is 18.2. The molecule has 0 radical (unpaired) electrons. The fraction of sp³-hybridized carbons (Fsp3) is 0.450. The van der Waals surface area contributed by atoms with E-state index in [1.807, 2.05) is 12.1 Å². The van der Waals surface area contributed by atoms with Gasteiger partial charge < -0.3 is 20.1 Å². The van der Waals surface area contributed by atoms with Gasteiger partial charge in [0.25, 0.3) is 0 Å². The highest BCUT2D eigenvalue weighted by molar-refractivity contribution is 14.0. The van der Waals surface area contributed by atoms with Crippen molar-refractivity contribution in [3.05, 3.63) is 46.2 Å². The molecule has 0 saturated heterocycles. The van der Waals surface area contributed by atoms with Gasteiger partial charge in [0, 0.05) is 30.3 Å². The minimum absolute atomic E-state index is 0. The molecule has 0 saturated carbocycles. The van der Waals surface area contributed by atoms with Crippen molar-refractivity contribution < 1.29 is 9.47 Å². The summed E-state index contributed by atoms with van der Waals surface area (Å²) in [7, 11) is 0. The second kappa shape index (κ2) is 11.4. The van der Waals surface area contributed by atoms with Gasteiger partial charge in [0.15, 0.2) is 17.5 Å². The van der Waals surface area contributed by atoms with Crippen LogP contribution in [0.3, 0.4) is 0 Å². The van der Waals surface area contributed by atoms with E-state index in [0.717, 1.165) is 42.5 Å². The second-order valence-corrected chi connectivity index (χ2v) is 7.30. The summed E-state index contributed by atoms with van der Waals surface area (Å²) < 4.78 is 11.4. The number of hydrogen-bond acceptors (Lipinski definition) is 4. The summed E-state index contributed by atoms with van der Waals surface area (Å²) in [5, 5.41) is 8.87. The maximum Gasteiger partial charge on any atom is 0.191 e. The van der Waals surface area contributed by atoms with Crippen LogP contribution >= 0.6 is 35.3 Å². The Bertz CT molecular complexity index is 722. The molecule has 148 valence electrons. The highest BCUT2D eigenvalue weighted by atomic mass is 127. The molecule has 0 bridgehead atoms. The van der Waals surface area contributed by atoms with E-state index >= 15 is 0 Å². The third-order valence-electron chi connectivity index (χ3n) is 4.18. The van der Waals surface area contributed by atoms with Crippen LogP contribution in [0.4, 0.5) is 0 Å². The van der Waals surface area contributed by atoms with E-state index in [0.29, 0.717) is 25.7 Å². The Kier molecular flexibility index (Phi) is 9.20. The molecule has 1 unspecified atom stereocenters. The van der Waals surface area contributed by atoms with Gasteiger partial charge in [-0.15, -0.1) is 35.3 Å². The lowest BCUT2D eigenvalue weighted by atomic mass is 10.1. The average molecular weight is 501 g/mol. The Morgan fingerprint density at radius 2 is 2.00 bits per heavy atom. The van der Waals surface area contributed by atoms with Gasteiger partial charge in [-0.2, -0.15) is 0 Å². The van der Waals surface area contributed by atoms with Gasteiger partial charge in [0.05, 0.1) is 19.8 Å². The Labute approximate surface area is 182 Å². The lowest BCUT2D eigenvalue weighted by Gasteiger charge is -2.15. The predicted octanol–water partition coefficient (Wildman–Crippen LogP) is 4.39. The molecule has 0 amide bonds. The number of nitrogens with zero attached hydrogens (tertiary/aromatic N) is 1. The Morgan fingerprint density at radius 3 is 2.74 bits per heavy atom. The first-order valence-electron chi connectivity index (χ1n) is 9.20. The van der Waals surface area contributed by atoms with Crippen molar-refractivity contribution in [2.45, 2.75) is 32.7 Å². The Balaban J connectivity index is 0.00000261. The zero-order valence-corrected chi connectivity index (χ0v) is 19.0. The molecular formula is C20H28IN3O2S. The van der Waals surface area contributed by atoms with Crippen LogP contribution in [0.25, 0.3) is 0 Å². The topological polar surface area (TPSA) is 54.9 Å². The van der Waals surface area contributed by atoms with E-state index in [1.165, 1.54) is 4.88 Å². The predicted molar refractivity (Wildman–Crippen MR) is 123 cm³/mol. The van der Waals surface area contributed by atoms with Crippen molar-refractivity contribution in [1.29, 1.82) is 0 Å². The first-order valence-corrected chi connectivity index (χ1v) is 10.1. The minimum Gasteiger partial charge on any atom is -0.490 e. The molecule has 3 rings (SSSR count). The average Bonchev–Trinajstić information content (AvgIpc) is 3.09. The molecule has 2 N–H and O–H groups in total. The van der Waals surface area contributed by atoms with Gasteiger partial charge in [-0.05, 0) is 36.1 Å². The fourth-order valence-corrected chi connectivity index (χ4v) is 3.53. The van der Waals surface area contributed by atoms with Gasteiger partial charge in [0.1, 0.15) is 0 Å². The molecule has 2 heterocycles. The number of rotatable bonds is 6. The van der Waals surface area contributed by atoms with Crippen LogP contribution in [-0.4, -0.2) is 32.3 Å². The quantitative estimate of drug-likeness (QED) is 0.351. The zero-order valence-electron chi connectivity index (χ0n) is 15.9. The maximum atomic E-state index is 5.76. The van der Waals surface area contributed by atoms with Crippen LogP contribution in [0.15, 0.2) is 40.7 Å². The van der Waals surface area contributed by atoms with E-state index in [2.05, 4.69) is 48.1 Å². The third-order valence-corrected chi connectivity index (χ3v) is 5.28. The first-order chi connectivity index (χ1) is 12.8. The summed E-state index contributed by atoms with van der Waals surface area (Å²) in [6.45, 7) is 8.00. The van der Waals surface area contributed by atoms with Gasteiger partial charge in [-0.25, -0.2) is 4.99 Å². The lowest BCUT2D eigenvalue weighted by Crippen LogP contribution is -2.39. The van der Waals surface area contributed by atoms with Gasteiger partial charge >= 0.3 is 0 Å². The van der Waals surface area contributed by atoms with E-state index < -0.39 is 0 Å². The molecule has 1 aromatic heterocycles. The smallest absolute Gasteiger partial charge is 0.191 e. The summed E-state index contributed by atoms with van der Waals surface area (Å²) >= 11 is 1.79. The first kappa shape index (κ1) is 21.8. The maximum absolute atomic E-state index is 5.76. The number of benzene rings is 1. The number of halogens is 1. The summed E-state index contributed by atoms with van der Waals surface area (Å²) in [5.74, 6) is 2.93. The van der Waals surface area contributed by atoms with Crippen molar-refractivity contribution in [2.75, 3.05) is 26.3 Å². The number of thiophene rings is 1. The molecule has 1 aromatic carbocycles. The van der Waals surface area contributed by atoms with Crippen LogP contribution in [0.1, 0.15) is 36.6 Å². The third kappa shape index (κ3) is 6.57. The number of guanidine groups is 1. The van der Waals surface area contributed by atoms with Gasteiger partial charge in [0.2, 0.25) is 0 Å². The van der Waals surface area contributed by atoms with Crippen molar-refractivity contribution in [2.24, 2.45) is 4.99 Å². The molecule has 0 spiro atoms. The standard InChI is InChI=1S/C20H27N3O2S.HI/c1-3-21-20(22-13-15(2)19-6-4-11-26-19)23-14-16-7-8-17-18(12-16)25-10-5-9-24-17;/h4,6-8,11-12,15H,3,5,9-10,13-14H2,1-2H3,(H2,21,22,23);1H. The molecule has 0 fully saturated rings. The largest absolute Gasteiger partial charge is 0.490 e. The minimum atomic E-state index is 0. The Hall–Kier alpha value is -1.48. The normalized spacial score (nSPS) is 14.7. The molecule has 7 heteroatoms. The SMILES string of the molecule is CCNC(=NCc1ccc2c(c1)OCCCO2)NCC(C)c1cccs1.I. The molecule has 1 aliphatic rings. The molecule has 1 aliphatic heterocycles. The monoisotopic (exact) mass is 501 g/mol. The molecule has 2 aromatic rings. The van der Waals surface area contributed by atoms with E-state index in [4.69, 9.17) is 14.5 Å². The fourth-order valence-electron chi connectivity index (χ4n) is 2.74. The van der Waals surface area contributed by atoms with Gasteiger partial charge in [-0.3, -0.25) is 0 Å². The van der Waals surface area contributed by atoms with Crippen LogP contribution in [0.2, 0.25) is 0 Å². The van der Waals surface area contributed by atoms with Crippen molar-refractivity contribution in [3.63, 3.8) is 0 Å². The highest BCUT2D eigenvalue weighted by Gasteiger charge is 2.11. The van der Waals surface area contributed by atoms with Crippen molar-refractivity contribution in [3.8, 4) is 11.5 Å². The summed E-state index contributed by atoms with van der Waals surface area (Å²) in [5.41, 5.74) is 1.11. The lowest BCUT2D eigenvalue weighted by molar-refractivity contribution is 0.297. The molecule has 0 aliphatic carbocycles. The van der Waals surface area contributed by atoms with Crippen LogP contribution in [0.5, 0.6) is 11.5 Å². The van der Waals surface area contributed by atoms with Crippen molar-refractivity contribution >= 4 is 41.3 Å². The number of fused-ring (bicyclic) bond motifs is 1. The van der Waals surface area contributed by atoms with Gasteiger partial charge in [-0.1, -0.05) is 19.1 Å². The van der Waals surface area contributed by atoms with E-state index in [-0.39, 0.29) is 24.0 Å². The van der Waals surface area contributed by atoms with E-state index in [9.17, 15) is 0 Å². The second-order valence-electron chi connectivity index (χ2n) is 6.32. The number of hydrogen-bond donors (Lipinski definition) is 2. The molecule has 5 nitrogen and oxygen atoms in total. The summed E-state index contributed by atoms with van der Waals surface area (Å²) in [4.78, 5) is 6.10. The van der Waals surface area contributed by atoms with Crippen LogP contribution in [-0.2, 0) is 6.54 Å². The van der Waals surface area contributed by atoms with Crippen molar-refractivity contribution in [1.82, 2.24) is 10.6 Å². The van der Waals surface area contributed by atoms with E-state index in [1.54, 1.807) is 11.3 Å². The number of ether oxygens (including phenoxy) is 2. The number of nitrogens with one attached hydrogen (secondary N) is 2. The molecule has 27 heavy (non-hydrogen) atoms.